The summed E-state index contributed by atoms with van der Waals surface area (Å²) in [5.41, 5.74) is 0. The molecule has 1 unspecified atom stereocenters. The van der Waals surface area contributed by atoms with Crippen LogP contribution in [0.25, 0.3) is 0 Å². The third-order valence-corrected chi connectivity index (χ3v) is 13.0. The highest BCUT2D eigenvalue weighted by Gasteiger charge is 2.19. The van der Waals surface area contributed by atoms with E-state index >= 15 is 0 Å². The number of ether oxygens (including phenoxy) is 3. The Morgan fingerprint density at radius 3 is 0.849 bits per heavy atom. The molecule has 0 aromatic rings. The molecule has 6 heteroatoms. The maximum absolute atomic E-state index is 12.9. The number of rotatable bonds is 54. The molecule has 0 radical (unpaired) electrons. The molecule has 0 aliphatic rings. The second-order valence-electron chi connectivity index (χ2n) is 20.1. The van der Waals surface area contributed by atoms with Crippen LogP contribution in [0.2, 0.25) is 0 Å². The van der Waals surface area contributed by atoms with Crippen molar-refractivity contribution < 1.29 is 28.6 Å². The molecule has 0 N–H and O–H groups in total. The van der Waals surface area contributed by atoms with Crippen molar-refractivity contribution in [1.82, 2.24) is 0 Å². The van der Waals surface area contributed by atoms with Gasteiger partial charge < -0.3 is 14.2 Å². The van der Waals surface area contributed by atoms with E-state index in [1.807, 2.05) is 24.3 Å². The molecule has 0 rings (SSSR count). The molecule has 1 atom stereocenters. The molecule has 0 aromatic carbocycles. The topological polar surface area (TPSA) is 78.9 Å². The van der Waals surface area contributed by atoms with Gasteiger partial charge in [-0.2, -0.15) is 0 Å². The first kappa shape index (κ1) is 69.1. The van der Waals surface area contributed by atoms with Gasteiger partial charge in [-0.15, -0.1) is 0 Å². The Balaban J connectivity index is 4.48. The van der Waals surface area contributed by atoms with Gasteiger partial charge in [-0.25, -0.2) is 0 Å². The monoisotopic (exact) mass is 1010 g/mol. The first-order chi connectivity index (χ1) is 36.0. The van der Waals surface area contributed by atoms with Gasteiger partial charge in [0.05, 0.1) is 0 Å². The molecular weight excluding hydrogens is 901 g/mol. The summed E-state index contributed by atoms with van der Waals surface area (Å²) in [6.07, 6.45) is 82.1. The summed E-state index contributed by atoms with van der Waals surface area (Å²) >= 11 is 0. The average Bonchev–Trinajstić information content (AvgIpc) is 3.39. The van der Waals surface area contributed by atoms with Gasteiger partial charge in [0.15, 0.2) is 6.10 Å². The minimum atomic E-state index is -0.804. The molecule has 0 aromatic heterocycles. The summed E-state index contributed by atoms with van der Waals surface area (Å²) < 4.78 is 16.9. The van der Waals surface area contributed by atoms with Crippen molar-refractivity contribution in [1.29, 1.82) is 0 Å². The van der Waals surface area contributed by atoms with Gasteiger partial charge >= 0.3 is 17.9 Å². The van der Waals surface area contributed by atoms with Crippen molar-refractivity contribution in [3.05, 3.63) is 109 Å². The SMILES string of the molecule is CCC\C=C/C=C\C=C/C=C\C=C/CCCCCCCC(=O)OC(COC(=O)CCCCCCC\C=C/C=C\C=C/C=C\CCCCC)COC(=O)CCCCCCCCCCCCCCCCCCCCC. The van der Waals surface area contributed by atoms with Crippen LogP contribution >= 0.6 is 0 Å². The van der Waals surface area contributed by atoms with Crippen LogP contribution in [0.15, 0.2) is 109 Å². The van der Waals surface area contributed by atoms with Crippen molar-refractivity contribution in [2.45, 2.75) is 284 Å². The highest BCUT2D eigenvalue weighted by molar-refractivity contribution is 5.71. The summed E-state index contributed by atoms with van der Waals surface area (Å²) in [5, 5.41) is 0. The van der Waals surface area contributed by atoms with Crippen LogP contribution in [0.1, 0.15) is 278 Å². The van der Waals surface area contributed by atoms with Gasteiger partial charge in [-0.05, 0) is 64.2 Å². The second kappa shape index (κ2) is 60.6. The fraction of sp³-hybridized carbons (Fsp3) is 0.687. The zero-order valence-electron chi connectivity index (χ0n) is 47.6. The maximum atomic E-state index is 12.9. The molecule has 0 saturated carbocycles. The lowest BCUT2D eigenvalue weighted by Crippen LogP contribution is -2.30. The molecular formula is C67H112O6. The van der Waals surface area contributed by atoms with Crippen LogP contribution in [-0.2, 0) is 28.6 Å². The second-order valence-corrected chi connectivity index (χ2v) is 20.1. The van der Waals surface area contributed by atoms with Crippen molar-refractivity contribution in [2.75, 3.05) is 13.2 Å². The van der Waals surface area contributed by atoms with E-state index in [1.165, 1.54) is 128 Å². The van der Waals surface area contributed by atoms with Crippen LogP contribution < -0.4 is 0 Å². The highest BCUT2D eigenvalue weighted by atomic mass is 16.6. The van der Waals surface area contributed by atoms with Crippen LogP contribution in [0.5, 0.6) is 0 Å². The molecule has 6 nitrogen and oxygen atoms in total. The summed E-state index contributed by atoms with van der Waals surface area (Å²) in [7, 11) is 0. The number of esters is 3. The first-order valence-electron chi connectivity index (χ1n) is 30.5. The van der Waals surface area contributed by atoms with Crippen LogP contribution in [-0.4, -0.2) is 37.2 Å². The van der Waals surface area contributed by atoms with Gasteiger partial charge in [0.1, 0.15) is 13.2 Å². The molecule has 0 fully saturated rings. The third-order valence-electron chi connectivity index (χ3n) is 13.0. The summed E-state index contributed by atoms with van der Waals surface area (Å²) in [5.74, 6) is -0.938. The predicted octanol–water partition coefficient (Wildman–Crippen LogP) is 20.7. The van der Waals surface area contributed by atoms with E-state index in [0.29, 0.717) is 19.3 Å². The Morgan fingerprint density at radius 1 is 0.274 bits per heavy atom. The van der Waals surface area contributed by atoms with Gasteiger partial charge in [-0.1, -0.05) is 304 Å². The molecule has 0 heterocycles. The minimum absolute atomic E-state index is 0.0960. The van der Waals surface area contributed by atoms with Crippen LogP contribution in [0.3, 0.4) is 0 Å². The number of carbonyl (C=O) groups is 3. The Hall–Kier alpha value is -3.93. The highest BCUT2D eigenvalue weighted by Crippen LogP contribution is 2.16. The van der Waals surface area contributed by atoms with E-state index in [0.717, 1.165) is 109 Å². The molecule has 0 aliphatic heterocycles. The normalized spacial score (nSPS) is 12.9. The summed E-state index contributed by atoms with van der Waals surface area (Å²) in [6, 6.07) is 0. The van der Waals surface area contributed by atoms with Crippen LogP contribution in [0, 0.1) is 0 Å². The van der Waals surface area contributed by atoms with Gasteiger partial charge in [-0.3, -0.25) is 14.4 Å². The lowest BCUT2D eigenvalue weighted by molar-refractivity contribution is -0.167. The molecule has 0 bridgehead atoms. The molecule has 0 aliphatic carbocycles. The smallest absolute Gasteiger partial charge is 0.306 e. The minimum Gasteiger partial charge on any atom is -0.462 e. The summed E-state index contributed by atoms with van der Waals surface area (Å²) in [4.78, 5) is 38.3. The molecule has 416 valence electrons. The number of carbonyl (C=O) groups excluding carboxylic acids is 3. The number of allylic oxidation sites excluding steroid dienone is 18. The summed E-state index contributed by atoms with van der Waals surface area (Å²) in [6.45, 7) is 6.50. The largest absolute Gasteiger partial charge is 0.462 e. The quantitative estimate of drug-likeness (QED) is 0.0261. The van der Waals surface area contributed by atoms with Gasteiger partial charge in [0.2, 0.25) is 0 Å². The Kier molecular flexibility index (Phi) is 57.4. The van der Waals surface area contributed by atoms with Gasteiger partial charge in [0, 0.05) is 19.3 Å². The van der Waals surface area contributed by atoms with E-state index in [4.69, 9.17) is 14.2 Å². The fourth-order valence-electron chi connectivity index (χ4n) is 8.37. The zero-order chi connectivity index (χ0) is 52.9. The van der Waals surface area contributed by atoms with E-state index < -0.39 is 6.10 Å². The van der Waals surface area contributed by atoms with E-state index in [9.17, 15) is 14.4 Å². The van der Waals surface area contributed by atoms with Gasteiger partial charge in [0.25, 0.3) is 0 Å². The van der Waals surface area contributed by atoms with E-state index in [-0.39, 0.29) is 31.1 Å². The number of hydrogen-bond acceptors (Lipinski definition) is 6. The average molecular weight is 1010 g/mol. The lowest BCUT2D eigenvalue weighted by atomic mass is 10.0. The predicted molar refractivity (Wildman–Crippen MR) is 316 cm³/mol. The van der Waals surface area contributed by atoms with Crippen LogP contribution in [0.4, 0.5) is 0 Å². The Morgan fingerprint density at radius 2 is 0.521 bits per heavy atom. The van der Waals surface area contributed by atoms with E-state index in [2.05, 4.69) is 106 Å². The van der Waals surface area contributed by atoms with Crippen molar-refractivity contribution in [3.8, 4) is 0 Å². The van der Waals surface area contributed by atoms with Crippen molar-refractivity contribution in [2.24, 2.45) is 0 Å². The standard InChI is InChI=1S/C67H112O6/c1-4-7-10-13-16-19-22-25-28-31-34-37-39-42-45-48-51-54-57-60-66(69)72-63-64(73-67(70)61-58-55-52-49-46-43-40-36-33-30-27-24-21-18-15-12-9-6-3)62-71-65(68)59-56-53-50-47-44-41-38-35-32-29-26-23-20-17-14-11-8-5-2/h12,15,17-18,20-21,23-24,26-27,29-30,32-33,35-36,38,40,64H,4-11,13-14,16,19,22,25,28,31,34,37,39,41-63H2,1-3H3/b15-12-,20-17-,21-18-,26-23-,27-24-,32-29-,33-30-,38-35-,40-36-. The molecule has 0 saturated heterocycles. The van der Waals surface area contributed by atoms with Crippen molar-refractivity contribution >= 4 is 17.9 Å². The lowest BCUT2D eigenvalue weighted by Gasteiger charge is -2.18. The Labute approximate surface area is 450 Å². The third kappa shape index (κ3) is 58.8. The number of hydrogen-bond donors (Lipinski definition) is 0. The maximum Gasteiger partial charge on any atom is 0.306 e. The number of unbranched alkanes of at least 4 members (excludes halogenated alkanes) is 32. The van der Waals surface area contributed by atoms with Crippen molar-refractivity contribution in [3.63, 3.8) is 0 Å². The first-order valence-corrected chi connectivity index (χ1v) is 30.5. The molecule has 73 heavy (non-hydrogen) atoms. The zero-order valence-corrected chi connectivity index (χ0v) is 47.6. The Bertz CT molecular complexity index is 1490. The fourth-order valence-corrected chi connectivity index (χ4v) is 8.37. The molecule has 0 spiro atoms. The molecule has 0 amide bonds. The van der Waals surface area contributed by atoms with E-state index in [1.54, 1.807) is 0 Å².